The third-order valence-corrected chi connectivity index (χ3v) is 7.14. The monoisotopic (exact) mass is 375 g/mol. The molecule has 1 spiro atoms. The van der Waals surface area contributed by atoms with Crippen LogP contribution in [0.1, 0.15) is 39.0 Å². The minimum absolute atomic E-state index is 0.177. The van der Waals surface area contributed by atoms with Crippen LogP contribution in [0.25, 0.3) is 0 Å². The van der Waals surface area contributed by atoms with E-state index in [-0.39, 0.29) is 5.76 Å². The zero-order valence-corrected chi connectivity index (χ0v) is 14.6. The zero-order chi connectivity index (χ0) is 18.0. The summed E-state index contributed by atoms with van der Waals surface area (Å²) in [4.78, 5) is 0. The van der Waals surface area contributed by atoms with Crippen LogP contribution in [0.2, 0.25) is 0 Å². The molecular formula is C17H20F3NO3S. The number of hydrogen-bond donors (Lipinski definition) is 1. The van der Waals surface area contributed by atoms with Crippen molar-refractivity contribution in [3.8, 4) is 0 Å². The smallest absolute Gasteiger partial charge is 0.389 e. The molecule has 3 unspecified atom stereocenters. The van der Waals surface area contributed by atoms with Gasteiger partial charge in [-0.2, -0.15) is 21.6 Å². The van der Waals surface area contributed by atoms with Gasteiger partial charge in [0.25, 0.3) is 0 Å². The number of hydrogen-bond acceptors (Lipinski definition) is 4. The molecule has 4 aliphatic rings. The van der Waals surface area contributed by atoms with Crippen molar-refractivity contribution in [2.75, 3.05) is 6.54 Å². The van der Waals surface area contributed by atoms with Crippen LogP contribution in [-0.4, -0.2) is 20.5 Å². The molecule has 1 N–H and O–H groups in total. The molecule has 4 rings (SSSR count). The van der Waals surface area contributed by atoms with Crippen LogP contribution in [0.3, 0.4) is 0 Å². The van der Waals surface area contributed by atoms with E-state index in [0.29, 0.717) is 24.0 Å². The van der Waals surface area contributed by atoms with Gasteiger partial charge in [-0.05, 0) is 55.6 Å². The molecule has 0 saturated heterocycles. The van der Waals surface area contributed by atoms with Crippen molar-refractivity contribution in [3.63, 3.8) is 0 Å². The summed E-state index contributed by atoms with van der Waals surface area (Å²) in [5, 5.41) is 3.08. The Balaban J connectivity index is 1.79. The molecule has 1 fully saturated rings. The van der Waals surface area contributed by atoms with E-state index in [1.807, 2.05) is 0 Å². The van der Waals surface area contributed by atoms with Crippen molar-refractivity contribution >= 4 is 10.1 Å². The zero-order valence-electron chi connectivity index (χ0n) is 13.8. The summed E-state index contributed by atoms with van der Waals surface area (Å²) in [5.41, 5.74) is -3.05. The van der Waals surface area contributed by atoms with Crippen molar-refractivity contribution in [1.29, 1.82) is 0 Å². The van der Waals surface area contributed by atoms with Crippen LogP contribution < -0.4 is 5.32 Å². The van der Waals surface area contributed by atoms with E-state index in [2.05, 4.69) is 16.4 Å². The van der Waals surface area contributed by atoms with E-state index in [0.717, 1.165) is 37.7 Å². The van der Waals surface area contributed by atoms with Crippen LogP contribution in [0.4, 0.5) is 13.2 Å². The minimum atomic E-state index is -5.67. The van der Waals surface area contributed by atoms with Crippen LogP contribution in [0.5, 0.6) is 0 Å². The van der Waals surface area contributed by atoms with Gasteiger partial charge in [-0.25, -0.2) is 0 Å². The van der Waals surface area contributed by atoms with Gasteiger partial charge in [0.15, 0.2) is 0 Å². The molecule has 3 atom stereocenters. The van der Waals surface area contributed by atoms with Gasteiger partial charge in [0.05, 0.1) is 0 Å². The Morgan fingerprint density at radius 2 is 2.08 bits per heavy atom. The summed E-state index contributed by atoms with van der Waals surface area (Å²) in [7, 11) is -5.67. The molecule has 1 saturated carbocycles. The van der Waals surface area contributed by atoms with Crippen LogP contribution in [0.15, 0.2) is 34.8 Å². The minimum Gasteiger partial charge on any atom is -0.389 e. The Hall–Kier alpha value is -1.44. The average Bonchev–Trinajstić information content (AvgIpc) is 3.03. The highest BCUT2D eigenvalue weighted by molar-refractivity contribution is 7.87. The van der Waals surface area contributed by atoms with Gasteiger partial charge in [0, 0.05) is 23.7 Å². The summed E-state index contributed by atoms with van der Waals surface area (Å²) in [6, 6.07) is 0. The van der Waals surface area contributed by atoms with Gasteiger partial charge >= 0.3 is 15.6 Å². The van der Waals surface area contributed by atoms with Crippen molar-refractivity contribution in [2.24, 2.45) is 17.3 Å². The second-order valence-corrected chi connectivity index (χ2v) is 9.00. The number of allylic oxidation sites excluding steroid dienone is 3. The summed E-state index contributed by atoms with van der Waals surface area (Å²) in [6.45, 7) is 2.80. The molecule has 8 heteroatoms. The second-order valence-electron chi connectivity index (χ2n) is 7.47. The molecule has 3 aliphatic carbocycles. The maximum atomic E-state index is 12.7. The van der Waals surface area contributed by atoms with E-state index >= 15 is 0 Å². The molecule has 1 heterocycles. The number of rotatable bonds is 2. The number of nitrogens with one attached hydrogen (secondary N) is 1. The van der Waals surface area contributed by atoms with Crippen molar-refractivity contribution in [1.82, 2.24) is 5.32 Å². The second kappa shape index (κ2) is 5.28. The fourth-order valence-corrected chi connectivity index (χ4v) is 5.46. The average molecular weight is 375 g/mol. The quantitative estimate of drug-likeness (QED) is 0.590. The Morgan fingerprint density at radius 3 is 2.80 bits per heavy atom. The fraction of sp³-hybridized carbons (Fsp3) is 0.647. The van der Waals surface area contributed by atoms with E-state index in [1.165, 1.54) is 5.57 Å². The maximum absolute atomic E-state index is 12.7. The SMILES string of the molecule is CC1CCCC2=C3C=C(OS(=O)(=O)C(F)(F)F)C4=CNCC43CCC21. The highest BCUT2D eigenvalue weighted by Crippen LogP contribution is 2.59. The molecule has 4 nitrogen and oxygen atoms in total. The van der Waals surface area contributed by atoms with E-state index in [9.17, 15) is 21.6 Å². The lowest BCUT2D eigenvalue weighted by molar-refractivity contribution is -0.0520. The van der Waals surface area contributed by atoms with Gasteiger partial charge in [-0.1, -0.05) is 12.5 Å². The molecule has 0 amide bonds. The van der Waals surface area contributed by atoms with Gasteiger partial charge < -0.3 is 9.50 Å². The first kappa shape index (κ1) is 17.0. The Labute approximate surface area is 144 Å². The van der Waals surface area contributed by atoms with Crippen LogP contribution in [-0.2, 0) is 14.3 Å². The fourth-order valence-electron chi connectivity index (χ4n) is 4.99. The largest absolute Gasteiger partial charge is 0.534 e. The number of fused-ring (bicyclic) bond motifs is 1. The molecule has 0 aromatic rings. The molecule has 0 aromatic carbocycles. The summed E-state index contributed by atoms with van der Waals surface area (Å²) in [5.74, 6) is 0.808. The van der Waals surface area contributed by atoms with E-state index in [4.69, 9.17) is 0 Å². The lowest BCUT2D eigenvalue weighted by Crippen LogP contribution is -2.36. The maximum Gasteiger partial charge on any atom is 0.534 e. The first-order valence-corrected chi connectivity index (χ1v) is 9.97. The van der Waals surface area contributed by atoms with E-state index in [1.54, 1.807) is 12.3 Å². The van der Waals surface area contributed by atoms with Crippen molar-refractivity contribution < 1.29 is 25.8 Å². The predicted molar refractivity (Wildman–Crippen MR) is 85.4 cm³/mol. The van der Waals surface area contributed by atoms with Gasteiger partial charge in [0.1, 0.15) is 5.76 Å². The highest BCUT2D eigenvalue weighted by Gasteiger charge is 2.55. The molecule has 0 radical (unpaired) electrons. The third-order valence-electron chi connectivity index (χ3n) is 6.17. The molecule has 1 aliphatic heterocycles. The molecule has 25 heavy (non-hydrogen) atoms. The first-order valence-electron chi connectivity index (χ1n) is 8.56. The summed E-state index contributed by atoms with van der Waals surface area (Å²) >= 11 is 0. The highest BCUT2D eigenvalue weighted by atomic mass is 32.2. The molecule has 138 valence electrons. The lowest BCUT2D eigenvalue weighted by atomic mass is 9.61. The standard InChI is InChI=1S/C17H20F3NO3S/c1-10-3-2-4-12-11(10)5-6-16-9-21-8-14(16)15(7-13(12)16)24-25(22,23)17(18,19)20/h7-8,10-11,21H,2-6,9H2,1H3. The Bertz CT molecular complexity index is 809. The molecule has 0 aromatic heterocycles. The van der Waals surface area contributed by atoms with Gasteiger partial charge in [0.2, 0.25) is 0 Å². The topological polar surface area (TPSA) is 55.4 Å². The Morgan fingerprint density at radius 1 is 1.32 bits per heavy atom. The van der Waals surface area contributed by atoms with Crippen molar-refractivity contribution in [3.05, 3.63) is 34.8 Å². The van der Waals surface area contributed by atoms with E-state index < -0.39 is 21.0 Å². The normalized spacial score (nSPS) is 34.6. The van der Waals surface area contributed by atoms with Gasteiger partial charge in [-0.15, -0.1) is 0 Å². The van der Waals surface area contributed by atoms with Gasteiger partial charge in [-0.3, -0.25) is 0 Å². The molecular weight excluding hydrogens is 355 g/mol. The third kappa shape index (κ3) is 2.36. The number of halogens is 3. The van der Waals surface area contributed by atoms with Crippen molar-refractivity contribution in [2.45, 2.75) is 44.5 Å². The van der Waals surface area contributed by atoms with Crippen LogP contribution >= 0.6 is 0 Å². The predicted octanol–water partition coefficient (Wildman–Crippen LogP) is 3.75. The first-order chi connectivity index (χ1) is 11.7. The summed E-state index contributed by atoms with van der Waals surface area (Å²) in [6.07, 6.45) is 8.08. The number of alkyl halides is 3. The molecule has 0 bridgehead atoms. The lowest BCUT2D eigenvalue weighted by Gasteiger charge is -2.43. The van der Waals surface area contributed by atoms with Crippen LogP contribution in [0, 0.1) is 17.3 Å². The summed E-state index contributed by atoms with van der Waals surface area (Å²) < 4.78 is 65.7. The Kier molecular flexibility index (Phi) is 3.59.